The normalized spacial score (nSPS) is 10.4. The molecule has 0 unspecified atom stereocenters. The molecule has 5 heteroatoms. The number of aromatic amines is 1. The number of ketones is 1. The van der Waals surface area contributed by atoms with E-state index in [0.717, 1.165) is 6.92 Å². The maximum atomic E-state index is 11.6. The summed E-state index contributed by atoms with van der Waals surface area (Å²) >= 11 is 0. The Morgan fingerprint density at radius 3 is 2.41 bits per heavy atom. The fraction of sp³-hybridized carbons (Fsp3) is 0.0833. The summed E-state index contributed by atoms with van der Waals surface area (Å²) in [5.41, 5.74) is -1.07. The highest BCUT2D eigenvalue weighted by molar-refractivity contribution is 6.11. The molecule has 0 aliphatic heterocycles. The SMILES string of the molecule is CC(=O)c1c(C(=O)[O-])c2ccccc2[nH]c1=O. The van der Waals surface area contributed by atoms with Crippen LogP contribution < -0.4 is 10.7 Å². The Morgan fingerprint density at radius 1 is 1.18 bits per heavy atom. The van der Waals surface area contributed by atoms with Crippen LogP contribution in [0.3, 0.4) is 0 Å². The number of carbonyl (C=O) groups is 2. The van der Waals surface area contributed by atoms with Gasteiger partial charge in [-0.3, -0.25) is 9.59 Å². The van der Waals surface area contributed by atoms with E-state index in [9.17, 15) is 19.5 Å². The second kappa shape index (κ2) is 3.86. The molecule has 2 aromatic rings. The number of hydrogen-bond donors (Lipinski definition) is 1. The Labute approximate surface area is 95.7 Å². The monoisotopic (exact) mass is 230 g/mol. The number of rotatable bonds is 2. The minimum atomic E-state index is -1.53. The number of Topliss-reactive ketones (excluding diaryl/α,β-unsaturated/α-hetero) is 1. The van der Waals surface area contributed by atoms with Gasteiger partial charge in [0.2, 0.25) is 0 Å². The van der Waals surface area contributed by atoms with Gasteiger partial charge in [-0.15, -0.1) is 0 Å². The highest BCUT2D eigenvalue weighted by Crippen LogP contribution is 2.17. The minimum absolute atomic E-state index is 0.289. The average Bonchev–Trinajstić information content (AvgIpc) is 2.26. The predicted octanol–water partition coefficient (Wildman–Crippen LogP) is 0.0942. The number of carboxylic acids is 1. The van der Waals surface area contributed by atoms with Gasteiger partial charge in [0, 0.05) is 16.5 Å². The molecule has 0 aliphatic carbocycles. The zero-order valence-corrected chi connectivity index (χ0v) is 8.94. The van der Waals surface area contributed by atoms with Gasteiger partial charge in [-0.1, -0.05) is 18.2 Å². The van der Waals surface area contributed by atoms with E-state index in [2.05, 4.69) is 4.98 Å². The molecule has 0 aliphatic rings. The maximum absolute atomic E-state index is 11.6. The van der Waals surface area contributed by atoms with Crippen LogP contribution in [0.15, 0.2) is 29.1 Å². The number of carbonyl (C=O) groups excluding carboxylic acids is 2. The summed E-state index contributed by atoms with van der Waals surface area (Å²) in [4.78, 5) is 36.5. The lowest BCUT2D eigenvalue weighted by atomic mass is 10.0. The van der Waals surface area contributed by atoms with E-state index < -0.39 is 17.3 Å². The molecule has 5 nitrogen and oxygen atoms in total. The van der Waals surface area contributed by atoms with Gasteiger partial charge in [0.25, 0.3) is 5.56 Å². The van der Waals surface area contributed by atoms with Crippen molar-refractivity contribution in [1.29, 1.82) is 0 Å². The van der Waals surface area contributed by atoms with Gasteiger partial charge in [-0.2, -0.15) is 0 Å². The topological polar surface area (TPSA) is 90.1 Å². The van der Waals surface area contributed by atoms with Gasteiger partial charge >= 0.3 is 0 Å². The van der Waals surface area contributed by atoms with Crippen LogP contribution in [0.4, 0.5) is 0 Å². The first-order valence-corrected chi connectivity index (χ1v) is 4.89. The molecule has 1 aromatic heterocycles. The second-order valence-corrected chi connectivity index (χ2v) is 3.59. The van der Waals surface area contributed by atoms with Crippen molar-refractivity contribution in [3.8, 4) is 0 Å². The summed E-state index contributed by atoms with van der Waals surface area (Å²) in [5, 5.41) is 11.4. The smallest absolute Gasteiger partial charge is 0.259 e. The van der Waals surface area contributed by atoms with Crippen molar-refractivity contribution in [1.82, 2.24) is 4.98 Å². The lowest BCUT2D eigenvalue weighted by molar-refractivity contribution is -0.254. The molecular weight excluding hydrogens is 222 g/mol. The summed E-state index contributed by atoms with van der Waals surface area (Å²) in [6.45, 7) is 1.14. The van der Waals surface area contributed by atoms with Crippen molar-refractivity contribution < 1.29 is 14.7 Å². The van der Waals surface area contributed by atoms with Crippen molar-refractivity contribution in [2.75, 3.05) is 0 Å². The number of fused-ring (bicyclic) bond motifs is 1. The van der Waals surface area contributed by atoms with Crippen LogP contribution in [0.25, 0.3) is 10.9 Å². The molecular formula is C12H8NO4-. The van der Waals surface area contributed by atoms with Crippen LogP contribution in [0, 0.1) is 0 Å². The number of H-pyrrole nitrogens is 1. The maximum Gasteiger partial charge on any atom is 0.259 e. The van der Waals surface area contributed by atoms with Crippen molar-refractivity contribution in [3.05, 3.63) is 45.7 Å². The number of pyridine rings is 1. The summed E-state index contributed by atoms with van der Waals surface area (Å²) in [5.74, 6) is -2.13. The molecule has 1 N–H and O–H groups in total. The molecule has 1 aromatic carbocycles. The zero-order valence-electron chi connectivity index (χ0n) is 8.94. The minimum Gasteiger partial charge on any atom is -0.545 e. The third kappa shape index (κ3) is 1.71. The number of benzene rings is 1. The highest BCUT2D eigenvalue weighted by atomic mass is 16.4. The molecule has 0 saturated heterocycles. The molecule has 2 rings (SSSR count). The molecule has 0 atom stereocenters. The van der Waals surface area contributed by atoms with Crippen molar-refractivity contribution >= 4 is 22.7 Å². The Balaban J connectivity index is 3.04. The lowest BCUT2D eigenvalue weighted by Gasteiger charge is -2.10. The van der Waals surface area contributed by atoms with Crippen LogP contribution in [-0.4, -0.2) is 16.7 Å². The highest BCUT2D eigenvalue weighted by Gasteiger charge is 2.16. The van der Waals surface area contributed by atoms with Crippen LogP contribution in [0.5, 0.6) is 0 Å². The Bertz CT molecular complexity index is 684. The Kier molecular flexibility index (Phi) is 2.51. The average molecular weight is 230 g/mol. The molecule has 1 heterocycles. The number of carboxylic acid groups (broad SMARTS) is 1. The van der Waals surface area contributed by atoms with E-state index in [0.29, 0.717) is 5.52 Å². The zero-order chi connectivity index (χ0) is 12.6. The quantitative estimate of drug-likeness (QED) is 0.740. The Morgan fingerprint density at radius 2 is 1.82 bits per heavy atom. The number of aromatic nitrogens is 1. The van der Waals surface area contributed by atoms with E-state index in [1.54, 1.807) is 18.2 Å². The third-order valence-corrected chi connectivity index (χ3v) is 2.48. The van der Waals surface area contributed by atoms with Crippen LogP contribution >= 0.6 is 0 Å². The molecule has 0 fully saturated rings. The van der Waals surface area contributed by atoms with Gasteiger partial charge in [-0.25, -0.2) is 0 Å². The first-order valence-electron chi connectivity index (χ1n) is 4.89. The molecule has 17 heavy (non-hydrogen) atoms. The van der Waals surface area contributed by atoms with Gasteiger partial charge < -0.3 is 14.9 Å². The first-order chi connectivity index (χ1) is 8.02. The fourth-order valence-corrected chi connectivity index (χ4v) is 1.79. The van der Waals surface area contributed by atoms with Gasteiger partial charge in [0.05, 0.1) is 11.5 Å². The van der Waals surface area contributed by atoms with Crippen molar-refractivity contribution in [3.63, 3.8) is 0 Å². The summed E-state index contributed by atoms with van der Waals surface area (Å²) < 4.78 is 0. The number of para-hydroxylation sites is 1. The number of aromatic carboxylic acids is 1. The lowest BCUT2D eigenvalue weighted by Crippen LogP contribution is -2.30. The number of nitrogens with one attached hydrogen (secondary N) is 1. The molecule has 0 saturated carbocycles. The largest absolute Gasteiger partial charge is 0.545 e. The van der Waals surface area contributed by atoms with Crippen molar-refractivity contribution in [2.24, 2.45) is 0 Å². The van der Waals surface area contributed by atoms with Crippen LogP contribution in [0.2, 0.25) is 0 Å². The summed E-state index contributed by atoms with van der Waals surface area (Å²) in [6, 6.07) is 6.36. The molecule has 0 bridgehead atoms. The van der Waals surface area contributed by atoms with Gasteiger partial charge in [0.15, 0.2) is 5.78 Å². The van der Waals surface area contributed by atoms with Crippen molar-refractivity contribution in [2.45, 2.75) is 6.92 Å². The molecule has 0 spiro atoms. The van der Waals surface area contributed by atoms with Gasteiger partial charge in [0.1, 0.15) is 0 Å². The van der Waals surface area contributed by atoms with E-state index in [1.807, 2.05) is 0 Å². The van der Waals surface area contributed by atoms with E-state index in [4.69, 9.17) is 0 Å². The molecule has 86 valence electrons. The standard InChI is InChI=1S/C12H9NO4/c1-6(14)9-10(12(16)17)7-4-2-3-5-8(7)13-11(9)15/h2-5H,1H3,(H,13,15)(H,16,17)/p-1. The number of hydrogen-bond acceptors (Lipinski definition) is 4. The fourth-order valence-electron chi connectivity index (χ4n) is 1.79. The third-order valence-electron chi connectivity index (χ3n) is 2.48. The molecule has 0 radical (unpaired) electrons. The van der Waals surface area contributed by atoms with E-state index in [1.165, 1.54) is 6.07 Å². The summed E-state index contributed by atoms with van der Waals surface area (Å²) in [6.07, 6.45) is 0. The summed E-state index contributed by atoms with van der Waals surface area (Å²) in [7, 11) is 0. The molecule has 0 amide bonds. The van der Waals surface area contributed by atoms with Crippen LogP contribution in [0.1, 0.15) is 27.6 Å². The second-order valence-electron chi connectivity index (χ2n) is 3.59. The van der Waals surface area contributed by atoms with Gasteiger partial charge in [-0.05, 0) is 13.0 Å². The van der Waals surface area contributed by atoms with E-state index >= 15 is 0 Å². The van der Waals surface area contributed by atoms with Crippen LogP contribution in [-0.2, 0) is 0 Å². The van der Waals surface area contributed by atoms with E-state index in [-0.39, 0.29) is 16.5 Å². The first kappa shape index (κ1) is 11.1. The predicted molar refractivity (Wildman–Crippen MR) is 58.9 cm³/mol. The Hall–Kier alpha value is -2.43.